The summed E-state index contributed by atoms with van der Waals surface area (Å²) in [4.78, 5) is 8.93. The highest BCUT2D eigenvalue weighted by molar-refractivity contribution is 5.77. The SMILES string of the molecule is COc1cc(Nc2nccc(-c3ccccc3)n2)ccc1-c1c(C)noc1C. The van der Waals surface area contributed by atoms with E-state index in [2.05, 4.69) is 20.4 Å². The largest absolute Gasteiger partial charge is 0.496 e. The quantitative estimate of drug-likeness (QED) is 0.521. The lowest BCUT2D eigenvalue weighted by molar-refractivity contribution is 0.393. The Morgan fingerprint density at radius 2 is 1.82 bits per heavy atom. The number of benzene rings is 2. The molecular formula is C22H20N4O2. The third-order valence-corrected chi connectivity index (χ3v) is 4.49. The Balaban J connectivity index is 1.65. The van der Waals surface area contributed by atoms with Crippen LogP contribution in [0.1, 0.15) is 11.5 Å². The van der Waals surface area contributed by atoms with E-state index in [0.29, 0.717) is 5.95 Å². The fourth-order valence-electron chi connectivity index (χ4n) is 3.16. The lowest BCUT2D eigenvalue weighted by Gasteiger charge is -2.12. The van der Waals surface area contributed by atoms with Crippen LogP contribution in [0.5, 0.6) is 5.75 Å². The summed E-state index contributed by atoms with van der Waals surface area (Å²) in [5.41, 5.74) is 5.44. The van der Waals surface area contributed by atoms with E-state index >= 15 is 0 Å². The Bertz CT molecular complexity index is 1090. The molecular weight excluding hydrogens is 352 g/mol. The van der Waals surface area contributed by atoms with E-state index in [1.165, 1.54) is 0 Å². The van der Waals surface area contributed by atoms with Gasteiger partial charge in [0.1, 0.15) is 11.5 Å². The van der Waals surface area contributed by atoms with Crippen molar-refractivity contribution in [2.45, 2.75) is 13.8 Å². The van der Waals surface area contributed by atoms with Crippen LogP contribution in [0.15, 0.2) is 65.3 Å². The molecule has 2 aromatic heterocycles. The van der Waals surface area contributed by atoms with Gasteiger partial charge >= 0.3 is 0 Å². The highest BCUT2D eigenvalue weighted by Crippen LogP contribution is 2.36. The molecule has 2 aromatic carbocycles. The predicted molar refractivity (Wildman–Crippen MR) is 109 cm³/mol. The molecule has 0 aliphatic carbocycles. The van der Waals surface area contributed by atoms with Gasteiger partial charge in [-0.2, -0.15) is 0 Å². The van der Waals surface area contributed by atoms with Crippen LogP contribution in [0.4, 0.5) is 11.6 Å². The summed E-state index contributed by atoms with van der Waals surface area (Å²) in [5.74, 6) is 2.00. The van der Waals surface area contributed by atoms with E-state index in [9.17, 15) is 0 Å². The normalized spacial score (nSPS) is 10.7. The molecule has 4 aromatic rings. The predicted octanol–water partition coefficient (Wildman–Crippen LogP) is 5.17. The molecule has 6 heteroatoms. The number of nitrogens with one attached hydrogen (secondary N) is 1. The summed E-state index contributed by atoms with van der Waals surface area (Å²) < 4.78 is 10.9. The molecule has 0 saturated heterocycles. The fourth-order valence-corrected chi connectivity index (χ4v) is 3.16. The van der Waals surface area contributed by atoms with Crippen molar-refractivity contribution in [2.24, 2.45) is 0 Å². The smallest absolute Gasteiger partial charge is 0.227 e. The molecule has 0 spiro atoms. The minimum Gasteiger partial charge on any atom is -0.496 e. The number of hydrogen-bond donors (Lipinski definition) is 1. The van der Waals surface area contributed by atoms with Crippen molar-refractivity contribution in [1.82, 2.24) is 15.1 Å². The second-order valence-electron chi connectivity index (χ2n) is 6.37. The van der Waals surface area contributed by atoms with Gasteiger partial charge in [0.15, 0.2) is 0 Å². The first-order valence-electron chi connectivity index (χ1n) is 8.92. The maximum Gasteiger partial charge on any atom is 0.227 e. The monoisotopic (exact) mass is 372 g/mol. The fraction of sp³-hybridized carbons (Fsp3) is 0.136. The Morgan fingerprint density at radius 1 is 1.00 bits per heavy atom. The number of aromatic nitrogens is 3. The van der Waals surface area contributed by atoms with Crippen molar-refractivity contribution < 1.29 is 9.26 Å². The first-order valence-corrected chi connectivity index (χ1v) is 8.92. The summed E-state index contributed by atoms with van der Waals surface area (Å²) in [5, 5.41) is 7.28. The molecule has 2 heterocycles. The van der Waals surface area contributed by atoms with E-state index in [1.54, 1.807) is 13.3 Å². The maximum atomic E-state index is 5.60. The van der Waals surface area contributed by atoms with Gasteiger partial charge in [-0.15, -0.1) is 0 Å². The Kier molecular flexibility index (Phi) is 4.76. The van der Waals surface area contributed by atoms with Crippen molar-refractivity contribution in [3.05, 3.63) is 72.2 Å². The number of aryl methyl sites for hydroxylation is 2. The summed E-state index contributed by atoms with van der Waals surface area (Å²) in [6.07, 6.45) is 1.74. The molecule has 0 amide bonds. The van der Waals surface area contributed by atoms with Crippen molar-refractivity contribution in [3.8, 4) is 28.1 Å². The lowest BCUT2D eigenvalue weighted by Crippen LogP contribution is -1.99. The Hall–Kier alpha value is -3.67. The van der Waals surface area contributed by atoms with Gasteiger partial charge in [-0.25, -0.2) is 9.97 Å². The van der Waals surface area contributed by atoms with E-state index in [0.717, 1.165) is 45.3 Å². The summed E-state index contributed by atoms with van der Waals surface area (Å²) in [6, 6.07) is 17.8. The van der Waals surface area contributed by atoms with Crippen molar-refractivity contribution in [2.75, 3.05) is 12.4 Å². The zero-order chi connectivity index (χ0) is 19.5. The van der Waals surface area contributed by atoms with Crippen LogP contribution in [0, 0.1) is 13.8 Å². The molecule has 0 fully saturated rings. The first kappa shape index (κ1) is 17.7. The molecule has 0 saturated carbocycles. The summed E-state index contributed by atoms with van der Waals surface area (Å²) >= 11 is 0. The van der Waals surface area contributed by atoms with Gasteiger partial charge in [0, 0.05) is 29.1 Å². The van der Waals surface area contributed by atoms with Gasteiger partial charge in [0.2, 0.25) is 5.95 Å². The molecule has 6 nitrogen and oxygen atoms in total. The third kappa shape index (κ3) is 3.44. The standard InChI is InChI=1S/C22H20N4O2/c1-14-21(15(2)28-26-14)18-10-9-17(13-20(18)27-3)24-22-23-12-11-19(25-22)16-7-5-4-6-8-16/h4-13H,1-3H3,(H,23,24,25). The lowest BCUT2D eigenvalue weighted by atomic mass is 10.0. The van der Waals surface area contributed by atoms with E-state index in [1.807, 2.05) is 68.4 Å². The zero-order valence-corrected chi connectivity index (χ0v) is 15.9. The number of nitrogens with zero attached hydrogens (tertiary/aromatic N) is 3. The van der Waals surface area contributed by atoms with Gasteiger partial charge in [-0.1, -0.05) is 35.5 Å². The van der Waals surface area contributed by atoms with Gasteiger partial charge in [0.05, 0.1) is 24.1 Å². The van der Waals surface area contributed by atoms with Gasteiger partial charge in [-0.3, -0.25) is 0 Å². The van der Waals surface area contributed by atoms with E-state index < -0.39 is 0 Å². The molecule has 0 atom stereocenters. The van der Waals surface area contributed by atoms with Crippen LogP contribution in [-0.4, -0.2) is 22.2 Å². The second kappa shape index (κ2) is 7.52. The average Bonchev–Trinajstić information content (AvgIpc) is 3.07. The maximum absolute atomic E-state index is 5.60. The summed E-state index contributed by atoms with van der Waals surface area (Å²) in [7, 11) is 1.65. The van der Waals surface area contributed by atoms with Crippen molar-refractivity contribution in [1.29, 1.82) is 0 Å². The Morgan fingerprint density at radius 3 is 2.54 bits per heavy atom. The molecule has 0 aliphatic heterocycles. The van der Waals surface area contributed by atoms with Crippen LogP contribution < -0.4 is 10.1 Å². The van der Waals surface area contributed by atoms with Gasteiger partial charge < -0.3 is 14.6 Å². The summed E-state index contributed by atoms with van der Waals surface area (Å²) in [6.45, 7) is 3.81. The number of methoxy groups -OCH3 is 1. The third-order valence-electron chi connectivity index (χ3n) is 4.49. The highest BCUT2D eigenvalue weighted by Gasteiger charge is 2.16. The average molecular weight is 372 g/mol. The molecule has 28 heavy (non-hydrogen) atoms. The first-order chi connectivity index (χ1) is 13.7. The number of hydrogen-bond acceptors (Lipinski definition) is 6. The minimum atomic E-state index is 0.522. The zero-order valence-electron chi connectivity index (χ0n) is 15.9. The van der Waals surface area contributed by atoms with Crippen LogP contribution in [0.25, 0.3) is 22.4 Å². The number of rotatable bonds is 5. The number of ether oxygens (including phenoxy) is 1. The molecule has 140 valence electrons. The molecule has 0 bridgehead atoms. The van der Waals surface area contributed by atoms with E-state index in [-0.39, 0.29) is 0 Å². The molecule has 0 unspecified atom stereocenters. The second-order valence-corrected chi connectivity index (χ2v) is 6.37. The minimum absolute atomic E-state index is 0.522. The number of anilines is 2. The van der Waals surface area contributed by atoms with E-state index in [4.69, 9.17) is 9.26 Å². The van der Waals surface area contributed by atoms with Crippen LogP contribution >= 0.6 is 0 Å². The topological polar surface area (TPSA) is 73.1 Å². The molecule has 0 radical (unpaired) electrons. The molecule has 1 N–H and O–H groups in total. The van der Waals surface area contributed by atoms with Crippen LogP contribution in [0.2, 0.25) is 0 Å². The highest BCUT2D eigenvalue weighted by atomic mass is 16.5. The van der Waals surface area contributed by atoms with Crippen molar-refractivity contribution >= 4 is 11.6 Å². The van der Waals surface area contributed by atoms with Gasteiger partial charge in [-0.05, 0) is 32.0 Å². The van der Waals surface area contributed by atoms with Crippen LogP contribution in [0.3, 0.4) is 0 Å². The van der Waals surface area contributed by atoms with Crippen LogP contribution in [-0.2, 0) is 0 Å². The molecule has 4 rings (SSSR count). The Labute approximate surface area is 163 Å². The van der Waals surface area contributed by atoms with Crippen molar-refractivity contribution in [3.63, 3.8) is 0 Å². The molecule has 0 aliphatic rings. The van der Waals surface area contributed by atoms with Gasteiger partial charge in [0.25, 0.3) is 0 Å².